The summed E-state index contributed by atoms with van der Waals surface area (Å²) in [5.74, 6) is -1.94. The highest BCUT2D eigenvalue weighted by Gasteiger charge is 2.37. The summed E-state index contributed by atoms with van der Waals surface area (Å²) in [5.41, 5.74) is 11.6. The number of esters is 1. The molecule has 0 aliphatic carbocycles. The fourth-order valence-corrected chi connectivity index (χ4v) is 7.06. The molecule has 2 aliphatic heterocycles. The Labute approximate surface area is 362 Å². The van der Waals surface area contributed by atoms with Crippen LogP contribution in [0.3, 0.4) is 0 Å². The van der Waals surface area contributed by atoms with Crippen LogP contribution in [0, 0.1) is 11.8 Å². The zero-order valence-electron chi connectivity index (χ0n) is 36.4. The summed E-state index contributed by atoms with van der Waals surface area (Å²) in [6, 6.07) is 5.36. The number of carbonyl (C=O) groups is 6. The van der Waals surface area contributed by atoms with E-state index in [1.165, 1.54) is 19.1 Å². The molecule has 1 aromatic carbocycles. The molecule has 0 unspecified atom stereocenters. The number of anilines is 1. The van der Waals surface area contributed by atoms with Crippen LogP contribution in [0.1, 0.15) is 78.7 Å². The van der Waals surface area contributed by atoms with E-state index in [-0.39, 0.29) is 62.0 Å². The summed E-state index contributed by atoms with van der Waals surface area (Å²) < 4.78 is 22.5. The van der Waals surface area contributed by atoms with Crippen molar-refractivity contribution in [3.63, 3.8) is 0 Å². The van der Waals surface area contributed by atoms with Crippen LogP contribution in [-0.4, -0.2) is 115 Å². The fourth-order valence-electron chi connectivity index (χ4n) is 7.06. The highest BCUT2D eigenvalue weighted by atomic mass is 16.6. The van der Waals surface area contributed by atoms with E-state index in [1.807, 2.05) is 26.0 Å². The van der Waals surface area contributed by atoms with Gasteiger partial charge in [-0.15, -0.1) is 0 Å². The summed E-state index contributed by atoms with van der Waals surface area (Å²) >= 11 is 0. The van der Waals surface area contributed by atoms with Crippen molar-refractivity contribution in [2.24, 2.45) is 17.6 Å². The monoisotopic (exact) mass is 871 g/mol. The van der Waals surface area contributed by atoms with E-state index in [4.69, 9.17) is 24.7 Å². The highest BCUT2D eigenvalue weighted by Crippen LogP contribution is 2.30. The van der Waals surface area contributed by atoms with Crippen LogP contribution in [-0.2, 0) is 44.7 Å². The molecule has 0 spiro atoms. The molecule has 2 saturated heterocycles. The number of rotatable bonds is 20. The van der Waals surface area contributed by atoms with Gasteiger partial charge in [0.2, 0.25) is 17.7 Å². The molecular weight excluding hydrogens is 807 g/mol. The second-order valence-electron chi connectivity index (χ2n) is 15.7. The van der Waals surface area contributed by atoms with Crippen LogP contribution in [0.15, 0.2) is 60.2 Å². The molecule has 0 aromatic heterocycles. The number of urea groups is 1. The second-order valence-corrected chi connectivity index (χ2v) is 15.7. The molecule has 6 amide bonds. The molecule has 0 saturated carbocycles. The Morgan fingerprint density at radius 1 is 1.02 bits per heavy atom. The van der Waals surface area contributed by atoms with Gasteiger partial charge in [-0.25, -0.2) is 15.0 Å². The number of aliphatic hydroxyl groups excluding tert-OH is 2. The lowest BCUT2D eigenvalue weighted by Gasteiger charge is -2.39. The van der Waals surface area contributed by atoms with E-state index in [0.29, 0.717) is 43.5 Å². The number of primary amides is 1. The van der Waals surface area contributed by atoms with Gasteiger partial charge in [0.15, 0.2) is 0 Å². The predicted octanol–water partition coefficient (Wildman–Crippen LogP) is 2.13. The fraction of sp³-hybridized carbons (Fsp3) is 0.581. The molecule has 10 N–H and O–H groups in total. The van der Waals surface area contributed by atoms with Gasteiger partial charge in [0.25, 0.3) is 0 Å². The van der Waals surface area contributed by atoms with Gasteiger partial charge >= 0.3 is 18.1 Å². The molecule has 0 radical (unpaired) electrons. The van der Waals surface area contributed by atoms with E-state index in [0.717, 1.165) is 5.57 Å². The van der Waals surface area contributed by atoms with Crippen molar-refractivity contribution in [1.82, 2.24) is 26.8 Å². The van der Waals surface area contributed by atoms with Crippen LogP contribution in [0.25, 0.3) is 0 Å². The Morgan fingerprint density at radius 3 is 2.40 bits per heavy atom. The predicted molar refractivity (Wildman–Crippen MR) is 229 cm³/mol. The number of aliphatic hydroxyl groups is 2. The van der Waals surface area contributed by atoms with Crippen LogP contribution in [0.2, 0.25) is 0 Å². The minimum absolute atomic E-state index is 0.0907. The first kappa shape index (κ1) is 51.0. The van der Waals surface area contributed by atoms with Gasteiger partial charge < -0.3 is 56.2 Å². The minimum atomic E-state index is -1.01. The quantitative estimate of drug-likeness (QED) is 0.0299. The van der Waals surface area contributed by atoms with Gasteiger partial charge in [0.05, 0.1) is 42.9 Å². The largest absolute Gasteiger partial charge is 0.459 e. The number of ether oxygens (including phenoxy) is 4. The summed E-state index contributed by atoms with van der Waals surface area (Å²) in [7, 11) is 1.66. The number of nitrogens with one attached hydrogen (secondary N) is 6. The Hall–Kier alpha value is -5.34. The number of likely N-dealkylation sites (N-methyl/N-ethyl adjacent to an activating group) is 1. The first-order chi connectivity index (χ1) is 29.5. The smallest absolute Gasteiger partial charge is 0.426 e. The second kappa shape index (κ2) is 26.2. The number of nitrogens with two attached hydrogens (primary N) is 1. The number of hydrazine groups is 1. The van der Waals surface area contributed by atoms with Gasteiger partial charge in [0.1, 0.15) is 18.8 Å². The SMILES string of the molecule is CN[C@@H](CCCNC(N)=O)C(=O)Nc1ccc(COC(=O)NNC(=O)C[C@@H]2C[C@@H](CO)[C@H](O)[C@@H](/C=C/C(C)=C/C[C@@H]3O[C@H](C)[C@H](NC(=O)/C=C\[C@H](C)OC(C)=O)C[C@@H]3C)O2)cc1. The van der Waals surface area contributed by atoms with Crippen molar-refractivity contribution in [3.05, 3.63) is 65.8 Å². The molecule has 10 atom stereocenters. The first-order valence-electron chi connectivity index (χ1n) is 20.9. The van der Waals surface area contributed by atoms with Gasteiger partial charge in [-0.1, -0.05) is 42.9 Å². The topological polar surface area (TPSA) is 278 Å². The van der Waals surface area contributed by atoms with Crippen molar-refractivity contribution < 1.29 is 57.9 Å². The van der Waals surface area contributed by atoms with Gasteiger partial charge in [0, 0.05) is 37.8 Å². The Balaban J connectivity index is 1.41. The van der Waals surface area contributed by atoms with Crippen LogP contribution in [0.4, 0.5) is 15.3 Å². The standard InChI is InChI=1S/C43H65N7O12/c1-25(9-16-36-26(2)20-35(28(4)61-36)48-38(53)18-11-27(3)60-29(5)52)10-17-37-40(55)31(23-51)21-33(62-37)22-39(54)49-50-43(58)59-24-30-12-14-32(15-13-30)47-41(56)34(45-6)8-7-19-46-42(44)57/h9-15,17-18,26-28,31,33-37,40,45,51,55H,7-8,16,19-24H2,1-6H3,(H,47,56)(H,48,53)(H,49,54)(H,50,58)(H3,44,46,57)/b17-10+,18-11-,25-9+/t26-,27-,28+,31-,33-,34-,35+,36-,37+,40-/m0/s1. The first-order valence-corrected chi connectivity index (χ1v) is 20.9. The van der Waals surface area contributed by atoms with E-state index in [1.54, 1.807) is 44.3 Å². The van der Waals surface area contributed by atoms with Gasteiger partial charge in [-0.05, 0) is 89.6 Å². The van der Waals surface area contributed by atoms with Crippen molar-refractivity contribution in [2.45, 2.75) is 128 Å². The summed E-state index contributed by atoms with van der Waals surface area (Å²) in [4.78, 5) is 72.1. The number of hydrogen-bond acceptors (Lipinski definition) is 13. The molecule has 2 fully saturated rings. The number of allylic oxidation sites excluding steroid dienone is 2. The van der Waals surface area contributed by atoms with Crippen molar-refractivity contribution in [3.8, 4) is 0 Å². The normalized spacial score (nSPS) is 25.0. The molecule has 19 heteroatoms. The lowest BCUT2D eigenvalue weighted by atomic mass is 9.87. The zero-order valence-corrected chi connectivity index (χ0v) is 36.4. The molecule has 19 nitrogen and oxygen atoms in total. The van der Waals surface area contributed by atoms with Gasteiger partial charge in [-0.3, -0.25) is 24.6 Å². The molecule has 1 aromatic rings. The summed E-state index contributed by atoms with van der Waals surface area (Å²) in [6.07, 6.45) is 6.60. The van der Waals surface area contributed by atoms with E-state index >= 15 is 0 Å². The summed E-state index contributed by atoms with van der Waals surface area (Å²) in [6.45, 7) is 8.79. The Kier molecular flexibility index (Phi) is 21.6. The maximum atomic E-state index is 12.8. The Bertz CT molecular complexity index is 1740. The maximum Gasteiger partial charge on any atom is 0.426 e. The third-order valence-electron chi connectivity index (χ3n) is 10.5. The van der Waals surface area contributed by atoms with Crippen molar-refractivity contribution >= 4 is 41.5 Å². The van der Waals surface area contributed by atoms with Crippen molar-refractivity contribution in [2.75, 3.05) is 25.5 Å². The highest BCUT2D eigenvalue weighted by molar-refractivity contribution is 5.94. The zero-order chi connectivity index (χ0) is 45.8. The number of hydrogen-bond donors (Lipinski definition) is 9. The molecule has 344 valence electrons. The molecule has 2 heterocycles. The molecule has 0 bridgehead atoms. The average molecular weight is 872 g/mol. The summed E-state index contributed by atoms with van der Waals surface area (Å²) in [5, 5.41) is 32.1. The average Bonchev–Trinajstić information content (AvgIpc) is 3.22. The molecule has 3 rings (SSSR count). The Morgan fingerprint density at radius 2 is 1.74 bits per heavy atom. The van der Waals surface area contributed by atoms with Gasteiger partial charge in [-0.2, -0.15) is 0 Å². The van der Waals surface area contributed by atoms with Crippen LogP contribution >= 0.6 is 0 Å². The maximum absolute atomic E-state index is 12.8. The third-order valence-corrected chi connectivity index (χ3v) is 10.5. The van der Waals surface area contributed by atoms with E-state index in [2.05, 4.69) is 39.0 Å². The number of amides is 6. The van der Waals surface area contributed by atoms with E-state index < -0.39 is 60.4 Å². The van der Waals surface area contributed by atoms with Crippen LogP contribution in [0.5, 0.6) is 0 Å². The number of carbonyl (C=O) groups excluding carboxylic acids is 6. The van der Waals surface area contributed by atoms with Crippen LogP contribution < -0.4 is 37.9 Å². The van der Waals surface area contributed by atoms with Crippen molar-refractivity contribution in [1.29, 1.82) is 0 Å². The molecule has 2 aliphatic rings. The lowest BCUT2D eigenvalue weighted by molar-refractivity contribution is -0.146. The van der Waals surface area contributed by atoms with E-state index in [9.17, 15) is 39.0 Å². The molecule has 62 heavy (non-hydrogen) atoms. The minimum Gasteiger partial charge on any atom is -0.459 e. The lowest BCUT2D eigenvalue weighted by Crippen LogP contribution is -2.50. The molecular formula is C43H65N7O12. The number of benzene rings is 1. The third kappa shape index (κ3) is 18.3.